The van der Waals surface area contributed by atoms with Crippen LogP contribution in [0.5, 0.6) is 0 Å². The topological polar surface area (TPSA) is 51.8 Å². The second-order valence-corrected chi connectivity index (χ2v) is 4.26. The van der Waals surface area contributed by atoms with Gasteiger partial charge in [0.05, 0.1) is 0 Å². The van der Waals surface area contributed by atoms with Gasteiger partial charge in [-0.2, -0.15) is 0 Å². The maximum Gasteiger partial charge on any atom is 0.131 e. The van der Waals surface area contributed by atoms with Crippen molar-refractivity contribution in [2.45, 2.75) is 38.5 Å². The number of rotatable bonds is 2. The van der Waals surface area contributed by atoms with Gasteiger partial charge in [0.15, 0.2) is 0 Å². The van der Waals surface area contributed by atoms with E-state index in [1.807, 2.05) is 6.20 Å². The van der Waals surface area contributed by atoms with E-state index in [0.29, 0.717) is 11.8 Å². The number of nitrogens with two attached hydrogens (primary N) is 1. The van der Waals surface area contributed by atoms with Gasteiger partial charge in [0.2, 0.25) is 0 Å². The number of nitrogens with zero attached hydrogens (tertiary/aromatic N) is 2. The summed E-state index contributed by atoms with van der Waals surface area (Å²) < 4.78 is 0. The highest BCUT2D eigenvalue weighted by Gasteiger charge is 2.23. The minimum Gasteiger partial charge on any atom is -0.330 e. The Morgan fingerprint density at radius 3 is 3.00 bits per heavy atom. The Balaban J connectivity index is 2.34. The van der Waals surface area contributed by atoms with Crippen molar-refractivity contribution in [3.63, 3.8) is 0 Å². The van der Waals surface area contributed by atoms with Crippen LogP contribution in [-0.4, -0.2) is 16.5 Å². The molecule has 1 unspecified atom stereocenters. The first-order valence-corrected chi connectivity index (χ1v) is 5.28. The zero-order valence-corrected chi connectivity index (χ0v) is 8.83. The molecule has 1 heterocycles. The minimum atomic E-state index is 0.414. The van der Waals surface area contributed by atoms with Gasteiger partial charge in [0, 0.05) is 17.8 Å². The van der Waals surface area contributed by atoms with E-state index in [4.69, 9.17) is 5.73 Å². The van der Waals surface area contributed by atoms with Gasteiger partial charge in [0.25, 0.3) is 0 Å². The summed E-state index contributed by atoms with van der Waals surface area (Å²) in [5.74, 6) is 1.87. The smallest absolute Gasteiger partial charge is 0.131 e. The fraction of sp³-hybridized carbons (Fsp3) is 0.636. The number of aromatic nitrogens is 2. The highest BCUT2D eigenvalue weighted by atomic mass is 14.9. The number of aryl methyl sites for hydroxylation is 1. The minimum absolute atomic E-state index is 0.414. The van der Waals surface area contributed by atoms with E-state index in [2.05, 4.69) is 23.8 Å². The van der Waals surface area contributed by atoms with Crippen molar-refractivity contribution >= 4 is 0 Å². The fourth-order valence-corrected chi connectivity index (χ4v) is 1.97. The molecule has 0 aliphatic heterocycles. The second-order valence-electron chi connectivity index (χ2n) is 4.26. The lowest BCUT2D eigenvalue weighted by Crippen LogP contribution is -2.10. The third-order valence-corrected chi connectivity index (χ3v) is 2.89. The molecule has 0 fully saturated rings. The van der Waals surface area contributed by atoms with Gasteiger partial charge in [-0.05, 0) is 30.9 Å². The van der Waals surface area contributed by atoms with Crippen molar-refractivity contribution in [1.82, 2.24) is 9.97 Å². The molecule has 14 heavy (non-hydrogen) atoms. The van der Waals surface area contributed by atoms with Crippen molar-refractivity contribution in [2.75, 3.05) is 6.54 Å². The second kappa shape index (κ2) is 3.65. The molecule has 3 nitrogen and oxygen atoms in total. The van der Waals surface area contributed by atoms with Crippen molar-refractivity contribution in [2.24, 2.45) is 5.73 Å². The quantitative estimate of drug-likeness (QED) is 0.772. The van der Waals surface area contributed by atoms with E-state index >= 15 is 0 Å². The maximum absolute atomic E-state index is 5.69. The maximum atomic E-state index is 5.69. The van der Waals surface area contributed by atoms with Gasteiger partial charge in [-0.1, -0.05) is 13.8 Å². The molecular formula is C11H17N3. The number of hydrogen-bond acceptors (Lipinski definition) is 3. The van der Waals surface area contributed by atoms with Gasteiger partial charge in [-0.25, -0.2) is 9.97 Å². The number of fused-ring (bicyclic) bond motifs is 1. The third kappa shape index (κ3) is 1.52. The lowest BCUT2D eigenvalue weighted by Gasteiger charge is -2.08. The SMILES string of the molecule is CC(C)c1ncc2c(n1)CCC2CN. The first-order chi connectivity index (χ1) is 6.72. The Labute approximate surface area is 84.8 Å². The standard InChI is InChI=1S/C11H17N3/c1-7(2)11-13-6-9-8(5-12)3-4-10(9)14-11/h6-8H,3-5,12H2,1-2H3. The van der Waals surface area contributed by atoms with Gasteiger partial charge < -0.3 is 5.73 Å². The predicted octanol–water partition coefficient (Wildman–Crippen LogP) is 1.59. The summed E-state index contributed by atoms with van der Waals surface area (Å²) in [6.45, 7) is 4.96. The van der Waals surface area contributed by atoms with Crippen molar-refractivity contribution in [1.29, 1.82) is 0 Å². The first kappa shape index (κ1) is 9.59. The Kier molecular flexibility index (Phi) is 2.50. The highest BCUT2D eigenvalue weighted by Crippen LogP contribution is 2.30. The average Bonchev–Trinajstić information content (AvgIpc) is 2.59. The van der Waals surface area contributed by atoms with Crippen LogP contribution in [-0.2, 0) is 6.42 Å². The molecular weight excluding hydrogens is 174 g/mol. The van der Waals surface area contributed by atoms with Gasteiger partial charge >= 0.3 is 0 Å². The summed E-state index contributed by atoms with van der Waals surface area (Å²) >= 11 is 0. The van der Waals surface area contributed by atoms with Gasteiger partial charge in [0.1, 0.15) is 5.82 Å². The van der Waals surface area contributed by atoms with Crippen molar-refractivity contribution in [3.05, 3.63) is 23.3 Å². The molecule has 0 aromatic carbocycles. The van der Waals surface area contributed by atoms with E-state index in [1.165, 1.54) is 11.3 Å². The Morgan fingerprint density at radius 2 is 2.36 bits per heavy atom. The van der Waals surface area contributed by atoms with Crippen molar-refractivity contribution in [3.8, 4) is 0 Å². The van der Waals surface area contributed by atoms with E-state index in [1.54, 1.807) is 0 Å². The molecule has 1 aromatic rings. The van der Waals surface area contributed by atoms with Gasteiger partial charge in [-0.3, -0.25) is 0 Å². The highest BCUT2D eigenvalue weighted by molar-refractivity contribution is 5.28. The first-order valence-electron chi connectivity index (χ1n) is 5.28. The van der Waals surface area contributed by atoms with E-state index in [0.717, 1.165) is 25.2 Å². The lowest BCUT2D eigenvalue weighted by atomic mass is 10.1. The summed E-state index contributed by atoms with van der Waals surface area (Å²) in [4.78, 5) is 8.97. The van der Waals surface area contributed by atoms with Crippen LogP contribution in [0.25, 0.3) is 0 Å². The van der Waals surface area contributed by atoms with E-state index in [-0.39, 0.29) is 0 Å². The Bertz CT molecular complexity index is 333. The Hall–Kier alpha value is -0.960. The molecule has 2 N–H and O–H groups in total. The summed E-state index contributed by atoms with van der Waals surface area (Å²) in [6, 6.07) is 0. The zero-order chi connectivity index (χ0) is 10.1. The van der Waals surface area contributed by atoms with Crippen LogP contribution in [0, 0.1) is 0 Å². The molecule has 76 valence electrons. The van der Waals surface area contributed by atoms with Crippen LogP contribution in [0.15, 0.2) is 6.20 Å². The number of hydrogen-bond donors (Lipinski definition) is 1. The summed E-state index contributed by atoms with van der Waals surface area (Å²) in [6.07, 6.45) is 4.18. The molecule has 0 saturated carbocycles. The van der Waals surface area contributed by atoms with E-state index in [9.17, 15) is 0 Å². The van der Waals surface area contributed by atoms with Crippen LogP contribution in [0.3, 0.4) is 0 Å². The monoisotopic (exact) mass is 191 g/mol. The molecule has 0 spiro atoms. The van der Waals surface area contributed by atoms with E-state index < -0.39 is 0 Å². The van der Waals surface area contributed by atoms with Crippen LogP contribution in [0.2, 0.25) is 0 Å². The third-order valence-electron chi connectivity index (χ3n) is 2.89. The lowest BCUT2D eigenvalue weighted by molar-refractivity contribution is 0.686. The van der Waals surface area contributed by atoms with Gasteiger partial charge in [-0.15, -0.1) is 0 Å². The van der Waals surface area contributed by atoms with Crippen molar-refractivity contribution < 1.29 is 0 Å². The molecule has 0 bridgehead atoms. The van der Waals surface area contributed by atoms with Crippen LogP contribution < -0.4 is 5.73 Å². The molecule has 1 aromatic heterocycles. The molecule has 0 saturated heterocycles. The Morgan fingerprint density at radius 1 is 1.57 bits per heavy atom. The average molecular weight is 191 g/mol. The molecule has 2 rings (SSSR count). The zero-order valence-electron chi connectivity index (χ0n) is 8.83. The molecule has 1 atom stereocenters. The molecule has 1 aliphatic rings. The molecule has 0 amide bonds. The van der Waals surface area contributed by atoms with Crippen LogP contribution in [0.4, 0.5) is 0 Å². The summed E-state index contributed by atoms with van der Waals surface area (Å²) in [5, 5.41) is 0. The van der Waals surface area contributed by atoms with Crippen LogP contribution >= 0.6 is 0 Å². The normalized spacial score (nSPS) is 20.1. The fourth-order valence-electron chi connectivity index (χ4n) is 1.97. The molecule has 3 heteroatoms. The molecule has 1 aliphatic carbocycles. The summed E-state index contributed by atoms with van der Waals surface area (Å²) in [5.41, 5.74) is 8.19. The summed E-state index contributed by atoms with van der Waals surface area (Å²) in [7, 11) is 0. The molecule has 0 radical (unpaired) electrons. The largest absolute Gasteiger partial charge is 0.330 e. The predicted molar refractivity (Wildman–Crippen MR) is 56.2 cm³/mol. The van der Waals surface area contributed by atoms with Crippen LogP contribution in [0.1, 0.15) is 49.2 Å².